The number of benzene rings is 2. The summed E-state index contributed by atoms with van der Waals surface area (Å²) in [5.41, 5.74) is 0.423. The topological polar surface area (TPSA) is 75.7 Å². The lowest BCUT2D eigenvalue weighted by molar-refractivity contribution is -0.118. The molecule has 1 N–H and O–H groups in total. The van der Waals surface area contributed by atoms with Crippen LogP contribution in [0.15, 0.2) is 47.4 Å². The van der Waals surface area contributed by atoms with Crippen LogP contribution in [0.25, 0.3) is 0 Å². The van der Waals surface area contributed by atoms with Gasteiger partial charge in [-0.2, -0.15) is 0 Å². The molecule has 6 nitrogen and oxygen atoms in total. The second-order valence-corrected chi connectivity index (χ2v) is 8.22. The molecule has 0 radical (unpaired) electrons. The van der Waals surface area contributed by atoms with Crippen molar-refractivity contribution in [3.8, 4) is 5.75 Å². The molecule has 0 aliphatic carbocycles. The van der Waals surface area contributed by atoms with Crippen LogP contribution in [0.1, 0.15) is 0 Å². The average molecular weight is 403 g/mol. The largest absolute Gasteiger partial charge is 0.484 e. The van der Waals surface area contributed by atoms with Gasteiger partial charge < -0.3 is 10.1 Å². The zero-order valence-corrected chi connectivity index (χ0v) is 15.8. The van der Waals surface area contributed by atoms with E-state index in [9.17, 15) is 13.2 Å². The number of hydrogen-bond acceptors (Lipinski definition) is 4. The van der Waals surface area contributed by atoms with Gasteiger partial charge in [0.15, 0.2) is 6.61 Å². The molecular weight excluding hydrogens is 387 g/mol. The fourth-order valence-corrected chi connectivity index (χ4v) is 3.20. The molecular formula is C16H16Cl2N2O4S. The Morgan fingerprint density at radius 2 is 1.76 bits per heavy atom. The van der Waals surface area contributed by atoms with Crippen molar-refractivity contribution in [3.63, 3.8) is 0 Å². The molecule has 0 aliphatic heterocycles. The van der Waals surface area contributed by atoms with Crippen LogP contribution < -0.4 is 10.1 Å². The Bertz CT molecular complexity index is 868. The summed E-state index contributed by atoms with van der Waals surface area (Å²) < 4.78 is 30.4. The lowest BCUT2D eigenvalue weighted by atomic mass is 10.3. The molecule has 0 bridgehead atoms. The fourth-order valence-electron chi connectivity index (χ4n) is 1.84. The van der Waals surface area contributed by atoms with Gasteiger partial charge in [-0.3, -0.25) is 4.79 Å². The van der Waals surface area contributed by atoms with Crippen LogP contribution in [0.5, 0.6) is 5.75 Å². The summed E-state index contributed by atoms with van der Waals surface area (Å²) in [6, 6.07) is 10.5. The Morgan fingerprint density at radius 1 is 1.12 bits per heavy atom. The first-order valence-electron chi connectivity index (χ1n) is 7.10. The zero-order chi connectivity index (χ0) is 18.6. The number of sulfonamides is 1. The van der Waals surface area contributed by atoms with Gasteiger partial charge >= 0.3 is 0 Å². The minimum atomic E-state index is -3.50. The second kappa shape index (κ2) is 8.05. The number of carbonyl (C=O) groups excluding carboxylic acids is 1. The third kappa shape index (κ3) is 5.09. The van der Waals surface area contributed by atoms with E-state index in [1.54, 1.807) is 12.1 Å². The van der Waals surface area contributed by atoms with Gasteiger partial charge in [-0.25, -0.2) is 12.7 Å². The summed E-state index contributed by atoms with van der Waals surface area (Å²) in [4.78, 5) is 12.0. The number of nitrogens with zero attached hydrogens (tertiary/aromatic N) is 1. The summed E-state index contributed by atoms with van der Waals surface area (Å²) in [7, 11) is -0.600. The zero-order valence-electron chi connectivity index (χ0n) is 13.5. The van der Waals surface area contributed by atoms with Gasteiger partial charge in [0.25, 0.3) is 5.91 Å². The summed E-state index contributed by atoms with van der Waals surface area (Å²) in [5.74, 6) is -0.0377. The quantitative estimate of drug-likeness (QED) is 0.804. The van der Waals surface area contributed by atoms with Crippen molar-refractivity contribution < 1.29 is 17.9 Å². The molecule has 0 heterocycles. The van der Waals surface area contributed by atoms with Crippen molar-refractivity contribution in [2.24, 2.45) is 0 Å². The third-order valence-corrected chi connectivity index (χ3v) is 5.55. The minimum absolute atomic E-state index is 0.141. The molecule has 2 rings (SSSR count). The lowest BCUT2D eigenvalue weighted by Crippen LogP contribution is -2.22. The van der Waals surface area contributed by atoms with Gasteiger partial charge in [0, 0.05) is 19.1 Å². The van der Waals surface area contributed by atoms with Crippen LogP contribution in [-0.2, 0) is 14.8 Å². The molecule has 0 atom stereocenters. The molecule has 0 unspecified atom stereocenters. The molecule has 0 saturated carbocycles. The van der Waals surface area contributed by atoms with Crippen molar-refractivity contribution in [2.75, 3.05) is 26.0 Å². The number of carbonyl (C=O) groups is 1. The normalized spacial score (nSPS) is 11.4. The smallest absolute Gasteiger partial charge is 0.262 e. The van der Waals surface area contributed by atoms with E-state index in [4.69, 9.17) is 27.9 Å². The molecule has 0 spiro atoms. The van der Waals surface area contributed by atoms with Gasteiger partial charge in [0.2, 0.25) is 10.0 Å². The molecule has 2 aromatic rings. The summed E-state index contributed by atoms with van der Waals surface area (Å²) in [6.07, 6.45) is 0. The molecule has 25 heavy (non-hydrogen) atoms. The average Bonchev–Trinajstić information content (AvgIpc) is 2.56. The molecule has 0 aromatic heterocycles. The van der Waals surface area contributed by atoms with Crippen molar-refractivity contribution in [3.05, 3.63) is 52.5 Å². The highest BCUT2D eigenvalue weighted by Crippen LogP contribution is 2.25. The lowest BCUT2D eigenvalue weighted by Gasteiger charge is -2.12. The maximum Gasteiger partial charge on any atom is 0.262 e. The summed E-state index contributed by atoms with van der Waals surface area (Å²) >= 11 is 11.8. The Balaban J connectivity index is 1.96. The minimum Gasteiger partial charge on any atom is -0.484 e. The Labute approximate surface area is 156 Å². The van der Waals surface area contributed by atoms with Crippen LogP contribution in [-0.4, -0.2) is 39.3 Å². The number of nitrogens with one attached hydrogen (secondary N) is 1. The van der Waals surface area contributed by atoms with E-state index in [0.717, 1.165) is 4.31 Å². The Kier molecular flexibility index (Phi) is 6.29. The standard InChI is InChI=1S/C16H16Cl2N2O4S/c1-20(2)25(22,23)13-6-4-12(5-7-13)24-10-16(21)19-15-8-3-11(17)9-14(15)18/h3-9H,10H2,1-2H3,(H,19,21). The first-order chi connectivity index (χ1) is 11.7. The van der Waals surface area contributed by atoms with E-state index in [-0.39, 0.29) is 11.5 Å². The predicted octanol–water partition coefficient (Wildman–Crippen LogP) is 3.26. The number of anilines is 1. The van der Waals surface area contributed by atoms with Gasteiger partial charge in [-0.05, 0) is 42.5 Å². The van der Waals surface area contributed by atoms with Gasteiger partial charge in [-0.1, -0.05) is 23.2 Å². The maximum absolute atomic E-state index is 12.0. The molecule has 2 aromatic carbocycles. The predicted molar refractivity (Wildman–Crippen MR) is 97.9 cm³/mol. The van der Waals surface area contributed by atoms with E-state index < -0.39 is 15.9 Å². The number of hydrogen-bond donors (Lipinski definition) is 1. The molecule has 0 saturated heterocycles. The second-order valence-electron chi connectivity index (χ2n) is 5.22. The molecule has 9 heteroatoms. The van der Waals surface area contributed by atoms with Gasteiger partial charge in [-0.15, -0.1) is 0 Å². The highest BCUT2D eigenvalue weighted by molar-refractivity contribution is 7.89. The molecule has 0 fully saturated rings. The van der Waals surface area contributed by atoms with Crippen LogP contribution in [0.4, 0.5) is 5.69 Å². The van der Waals surface area contributed by atoms with E-state index in [0.29, 0.717) is 21.5 Å². The number of ether oxygens (including phenoxy) is 1. The Morgan fingerprint density at radius 3 is 2.32 bits per heavy atom. The van der Waals surface area contributed by atoms with E-state index in [2.05, 4.69) is 5.32 Å². The summed E-state index contributed by atoms with van der Waals surface area (Å²) in [5, 5.41) is 3.38. The molecule has 0 aliphatic rings. The van der Waals surface area contributed by atoms with Crippen LogP contribution in [0, 0.1) is 0 Å². The highest BCUT2D eigenvalue weighted by atomic mass is 35.5. The van der Waals surface area contributed by atoms with Crippen LogP contribution in [0.2, 0.25) is 10.0 Å². The van der Waals surface area contributed by atoms with Gasteiger partial charge in [0.05, 0.1) is 15.6 Å². The van der Waals surface area contributed by atoms with Crippen molar-refractivity contribution in [1.82, 2.24) is 4.31 Å². The fraction of sp³-hybridized carbons (Fsp3) is 0.188. The first kappa shape index (κ1) is 19.5. The number of halogens is 2. The van der Waals surface area contributed by atoms with Gasteiger partial charge in [0.1, 0.15) is 5.75 Å². The van der Waals surface area contributed by atoms with E-state index >= 15 is 0 Å². The molecule has 1 amide bonds. The number of amides is 1. The SMILES string of the molecule is CN(C)S(=O)(=O)c1ccc(OCC(=O)Nc2ccc(Cl)cc2Cl)cc1. The third-order valence-electron chi connectivity index (χ3n) is 3.18. The van der Waals surface area contributed by atoms with Crippen LogP contribution in [0.3, 0.4) is 0 Å². The summed E-state index contributed by atoms with van der Waals surface area (Å²) in [6.45, 7) is -0.251. The number of rotatable bonds is 6. The van der Waals surface area contributed by atoms with Crippen molar-refractivity contribution in [1.29, 1.82) is 0 Å². The Hall–Kier alpha value is -1.80. The van der Waals surface area contributed by atoms with Crippen LogP contribution >= 0.6 is 23.2 Å². The van der Waals surface area contributed by atoms with Crippen molar-refractivity contribution >= 4 is 44.8 Å². The van der Waals surface area contributed by atoms with Crippen molar-refractivity contribution in [2.45, 2.75) is 4.90 Å². The molecule has 134 valence electrons. The van der Waals surface area contributed by atoms with E-state index in [1.165, 1.54) is 44.4 Å². The maximum atomic E-state index is 12.0. The monoisotopic (exact) mass is 402 g/mol. The first-order valence-corrected chi connectivity index (χ1v) is 9.30. The highest BCUT2D eigenvalue weighted by Gasteiger charge is 2.16. The van der Waals surface area contributed by atoms with E-state index in [1.807, 2.05) is 0 Å².